The van der Waals surface area contributed by atoms with Crippen LogP contribution in [0, 0.1) is 12.8 Å². The molecule has 0 fully saturated rings. The van der Waals surface area contributed by atoms with Gasteiger partial charge in [0.1, 0.15) is 15.7 Å². The van der Waals surface area contributed by atoms with E-state index in [1.165, 1.54) is 0 Å². The van der Waals surface area contributed by atoms with Crippen LogP contribution >= 0.6 is 0 Å². The fourth-order valence-electron chi connectivity index (χ4n) is 3.46. The number of fused-ring (bicyclic) bond motifs is 3. The minimum Gasteiger partial charge on any atom is -0.377 e. The molecule has 1 aliphatic carbocycles. The number of aromatic nitrogens is 1. The maximum absolute atomic E-state index is 6.29. The first-order chi connectivity index (χ1) is 10.6. The van der Waals surface area contributed by atoms with Gasteiger partial charge in [-0.2, -0.15) is 0 Å². The van der Waals surface area contributed by atoms with E-state index in [0.29, 0.717) is 17.0 Å². The molecule has 4 heteroatoms. The van der Waals surface area contributed by atoms with Crippen molar-refractivity contribution in [1.29, 1.82) is 0 Å². The third-order valence-corrected chi connectivity index (χ3v) is 4.72. The van der Waals surface area contributed by atoms with Crippen molar-refractivity contribution < 1.29 is 0 Å². The molecule has 106 valence electrons. The number of anilines is 1. The van der Waals surface area contributed by atoms with E-state index < -0.39 is 0 Å². The van der Waals surface area contributed by atoms with Crippen molar-refractivity contribution in [2.45, 2.75) is 25.3 Å². The van der Waals surface area contributed by atoms with Crippen molar-refractivity contribution in [3.63, 3.8) is 0 Å². The Balaban J connectivity index is 2.15. The second-order valence-corrected chi connectivity index (χ2v) is 5.88. The van der Waals surface area contributed by atoms with Gasteiger partial charge in [-0.15, -0.1) is 0 Å². The fraction of sp³-hybridized carbons (Fsp3) is 0.278. The zero-order valence-electron chi connectivity index (χ0n) is 12.8. The quantitative estimate of drug-likeness (QED) is 0.519. The van der Waals surface area contributed by atoms with E-state index in [1.54, 1.807) is 6.08 Å². The van der Waals surface area contributed by atoms with Crippen LogP contribution in [0.4, 0.5) is 5.69 Å². The predicted molar refractivity (Wildman–Crippen MR) is 95.6 cm³/mol. The summed E-state index contributed by atoms with van der Waals surface area (Å²) in [7, 11) is 12.3. The minimum atomic E-state index is 0.148. The van der Waals surface area contributed by atoms with E-state index in [0.717, 1.165) is 28.9 Å². The minimum absolute atomic E-state index is 0.148. The van der Waals surface area contributed by atoms with Crippen molar-refractivity contribution in [3.05, 3.63) is 60.4 Å². The van der Waals surface area contributed by atoms with Crippen LogP contribution in [0.2, 0.25) is 0 Å². The van der Waals surface area contributed by atoms with Gasteiger partial charge in [-0.1, -0.05) is 49.0 Å². The summed E-state index contributed by atoms with van der Waals surface area (Å²) in [4.78, 5) is 4.60. The van der Waals surface area contributed by atoms with Gasteiger partial charge in [0.25, 0.3) is 0 Å². The van der Waals surface area contributed by atoms with Gasteiger partial charge in [-0.05, 0) is 36.0 Å². The smallest absolute Gasteiger partial charge is 0.142 e. The third kappa shape index (κ3) is 2.18. The van der Waals surface area contributed by atoms with Gasteiger partial charge in [0.2, 0.25) is 0 Å². The standard InChI is InChI=1S/C18H18B2N2/c1-4-7-11(5-2)15-12-8-6-9-13(12)16-17(21-15)14(19)10(3)18(20)22-16/h4-7,9,12-13,15,21H,1-2,8H2,3H3/b11-7+. The van der Waals surface area contributed by atoms with Gasteiger partial charge in [-0.3, -0.25) is 4.98 Å². The maximum atomic E-state index is 6.29. The van der Waals surface area contributed by atoms with Crippen LogP contribution in [0.25, 0.3) is 0 Å². The van der Waals surface area contributed by atoms with Crippen LogP contribution in [0.1, 0.15) is 23.6 Å². The lowest BCUT2D eigenvalue weighted by atomic mass is 9.74. The van der Waals surface area contributed by atoms with E-state index in [9.17, 15) is 0 Å². The number of nitrogens with zero attached hydrogens (tertiary/aromatic N) is 1. The van der Waals surface area contributed by atoms with E-state index >= 15 is 0 Å². The molecule has 1 N–H and O–H groups in total. The number of hydrogen-bond acceptors (Lipinski definition) is 2. The summed E-state index contributed by atoms with van der Waals surface area (Å²) in [6, 6.07) is 0.148. The third-order valence-electron chi connectivity index (χ3n) is 4.72. The largest absolute Gasteiger partial charge is 0.377 e. The van der Waals surface area contributed by atoms with Gasteiger partial charge < -0.3 is 5.32 Å². The van der Waals surface area contributed by atoms with Gasteiger partial charge >= 0.3 is 0 Å². The van der Waals surface area contributed by atoms with Crippen molar-refractivity contribution in [2.75, 3.05) is 5.32 Å². The number of rotatable bonds is 3. The Morgan fingerprint density at radius 2 is 2.18 bits per heavy atom. The monoisotopic (exact) mass is 284 g/mol. The van der Waals surface area contributed by atoms with Gasteiger partial charge in [0.05, 0.1) is 17.4 Å². The first-order valence-corrected chi connectivity index (χ1v) is 7.52. The highest BCUT2D eigenvalue weighted by molar-refractivity contribution is 6.41. The zero-order valence-corrected chi connectivity index (χ0v) is 12.8. The van der Waals surface area contributed by atoms with Gasteiger partial charge in [0.15, 0.2) is 0 Å². The molecule has 0 spiro atoms. The topological polar surface area (TPSA) is 24.9 Å². The van der Waals surface area contributed by atoms with Crippen LogP contribution in [0.3, 0.4) is 0 Å². The maximum Gasteiger partial charge on any atom is 0.142 e. The lowest BCUT2D eigenvalue weighted by Gasteiger charge is -2.38. The van der Waals surface area contributed by atoms with E-state index in [-0.39, 0.29) is 12.0 Å². The number of nitrogens with one attached hydrogen (secondary N) is 1. The van der Waals surface area contributed by atoms with Gasteiger partial charge in [-0.25, -0.2) is 0 Å². The Morgan fingerprint density at radius 3 is 2.86 bits per heavy atom. The Hall–Kier alpha value is -1.96. The molecule has 0 saturated heterocycles. The lowest BCUT2D eigenvalue weighted by Crippen LogP contribution is -2.42. The van der Waals surface area contributed by atoms with Gasteiger partial charge in [0, 0.05) is 5.92 Å². The molecule has 2 aliphatic rings. The SMILES string of the molecule is [B]c1nc2c(c([B])c1C)NC(/C(C=C)=C/C=C)C1CC=CC21. The van der Waals surface area contributed by atoms with Crippen molar-refractivity contribution in [1.82, 2.24) is 4.98 Å². The first-order valence-electron chi connectivity index (χ1n) is 7.52. The average Bonchev–Trinajstić information content (AvgIpc) is 3.00. The lowest BCUT2D eigenvalue weighted by molar-refractivity contribution is 0.448. The van der Waals surface area contributed by atoms with Crippen LogP contribution in [0.15, 0.2) is 49.1 Å². The predicted octanol–water partition coefficient (Wildman–Crippen LogP) is 1.73. The van der Waals surface area contributed by atoms with Crippen molar-refractivity contribution in [2.24, 2.45) is 5.92 Å². The Labute approximate surface area is 134 Å². The molecule has 0 bridgehead atoms. The second-order valence-electron chi connectivity index (χ2n) is 5.88. The van der Waals surface area contributed by atoms with Crippen LogP contribution < -0.4 is 16.4 Å². The molecule has 2 heterocycles. The average molecular weight is 284 g/mol. The van der Waals surface area contributed by atoms with Crippen molar-refractivity contribution >= 4 is 32.4 Å². The van der Waals surface area contributed by atoms with Crippen LogP contribution in [-0.2, 0) is 0 Å². The Kier molecular flexibility index (Phi) is 3.86. The molecule has 22 heavy (non-hydrogen) atoms. The summed E-state index contributed by atoms with van der Waals surface area (Å²) in [5.74, 6) is 0.630. The zero-order chi connectivity index (χ0) is 15.9. The highest BCUT2D eigenvalue weighted by Crippen LogP contribution is 2.44. The molecule has 3 atom stereocenters. The van der Waals surface area contributed by atoms with Crippen LogP contribution in [0.5, 0.6) is 0 Å². The van der Waals surface area contributed by atoms with E-state index in [1.807, 2.05) is 19.1 Å². The molecule has 1 aromatic rings. The summed E-state index contributed by atoms with van der Waals surface area (Å²) in [6.07, 6.45) is 11.1. The fourth-order valence-corrected chi connectivity index (χ4v) is 3.46. The summed E-state index contributed by atoms with van der Waals surface area (Å²) in [6.45, 7) is 9.63. The van der Waals surface area contributed by atoms with Crippen LogP contribution in [-0.4, -0.2) is 26.7 Å². The molecule has 1 aromatic heterocycles. The molecule has 0 saturated carbocycles. The van der Waals surface area contributed by atoms with E-state index in [4.69, 9.17) is 15.7 Å². The molecule has 2 nitrogen and oxygen atoms in total. The highest BCUT2D eigenvalue weighted by atomic mass is 15.0. The number of hydrogen-bond donors (Lipinski definition) is 1. The van der Waals surface area contributed by atoms with E-state index in [2.05, 4.69) is 35.6 Å². The molecule has 1 aliphatic heterocycles. The highest BCUT2D eigenvalue weighted by Gasteiger charge is 2.39. The Bertz CT molecular complexity index is 704. The molecule has 0 aromatic carbocycles. The summed E-state index contributed by atoms with van der Waals surface area (Å²) in [5.41, 5.74) is 5.01. The summed E-state index contributed by atoms with van der Waals surface area (Å²) in [5, 5.41) is 3.57. The van der Waals surface area contributed by atoms with Crippen molar-refractivity contribution in [3.8, 4) is 0 Å². The number of pyridine rings is 1. The summed E-state index contributed by atoms with van der Waals surface area (Å²) < 4.78 is 0. The molecule has 3 rings (SSSR count). The number of allylic oxidation sites excluding steroid dienone is 4. The normalized spacial score (nSPS) is 26.0. The molecule has 3 unspecified atom stereocenters. The Morgan fingerprint density at radius 1 is 1.41 bits per heavy atom. The molecule has 0 amide bonds. The molecular formula is C18H18B2N2. The molecular weight excluding hydrogens is 266 g/mol. The molecule has 4 radical (unpaired) electrons. The first kappa shape index (κ1) is 15.0. The summed E-state index contributed by atoms with van der Waals surface area (Å²) >= 11 is 0. The second kappa shape index (κ2) is 5.68.